The molecule has 27 heavy (non-hydrogen) atoms. The first kappa shape index (κ1) is 20.5. The molecule has 2 N–H and O–H groups in total. The Morgan fingerprint density at radius 1 is 1.04 bits per heavy atom. The van der Waals surface area contributed by atoms with E-state index in [4.69, 9.17) is 16.3 Å². The molecule has 2 amide bonds. The third kappa shape index (κ3) is 5.82. The number of aryl methyl sites for hydroxylation is 1. The summed E-state index contributed by atoms with van der Waals surface area (Å²) in [5.74, 6) is -1.68. The van der Waals surface area contributed by atoms with E-state index >= 15 is 0 Å². The van der Waals surface area contributed by atoms with Gasteiger partial charge in [0.25, 0.3) is 11.8 Å². The molecule has 0 aromatic heterocycles. The number of carbonyl (C=O) groups is 3. The number of rotatable bonds is 6. The average Bonchev–Trinajstić information content (AvgIpc) is 2.61. The number of hydrogen-bond donors (Lipinski definition) is 2. The third-order valence-corrected chi connectivity index (χ3v) is 4.10. The van der Waals surface area contributed by atoms with Gasteiger partial charge in [0.05, 0.1) is 10.6 Å². The molecule has 0 aliphatic carbocycles. The molecule has 2 rings (SSSR count). The molecule has 6 nitrogen and oxygen atoms in total. The second-order valence-corrected chi connectivity index (χ2v) is 6.52. The zero-order chi connectivity index (χ0) is 20.0. The molecule has 0 radical (unpaired) electrons. The van der Waals surface area contributed by atoms with Gasteiger partial charge in [0.1, 0.15) is 6.04 Å². The molecular weight excluding hydrogens is 368 g/mol. The smallest absolute Gasteiger partial charge is 0.329 e. The molecule has 7 heteroatoms. The SMILES string of the molecule is Cc1cccc(NC(=O)[C@H](C)OC(=O)[C@H](C)NC(=O)c2ccccc2Cl)c1. The molecule has 2 atom stereocenters. The van der Waals surface area contributed by atoms with E-state index in [-0.39, 0.29) is 10.6 Å². The number of carbonyl (C=O) groups excluding carboxylic acids is 3. The minimum absolute atomic E-state index is 0.254. The summed E-state index contributed by atoms with van der Waals surface area (Å²) in [5.41, 5.74) is 1.86. The molecule has 2 aromatic carbocycles. The Hall–Kier alpha value is -2.86. The highest BCUT2D eigenvalue weighted by atomic mass is 35.5. The molecule has 0 aliphatic rings. The van der Waals surface area contributed by atoms with Gasteiger partial charge in [-0.25, -0.2) is 4.79 Å². The maximum Gasteiger partial charge on any atom is 0.329 e. The zero-order valence-corrected chi connectivity index (χ0v) is 16.0. The van der Waals surface area contributed by atoms with Gasteiger partial charge in [0, 0.05) is 5.69 Å². The molecule has 0 bridgehead atoms. The van der Waals surface area contributed by atoms with Crippen LogP contribution in [0.15, 0.2) is 48.5 Å². The van der Waals surface area contributed by atoms with Crippen molar-refractivity contribution in [3.05, 3.63) is 64.7 Å². The third-order valence-electron chi connectivity index (χ3n) is 3.77. The first-order valence-corrected chi connectivity index (χ1v) is 8.79. The molecule has 0 unspecified atom stereocenters. The van der Waals surface area contributed by atoms with Gasteiger partial charge < -0.3 is 15.4 Å². The van der Waals surface area contributed by atoms with Crippen LogP contribution >= 0.6 is 11.6 Å². The zero-order valence-electron chi connectivity index (χ0n) is 15.3. The van der Waals surface area contributed by atoms with E-state index in [9.17, 15) is 14.4 Å². The van der Waals surface area contributed by atoms with E-state index in [2.05, 4.69) is 10.6 Å². The summed E-state index contributed by atoms with van der Waals surface area (Å²) in [7, 11) is 0. The number of nitrogens with one attached hydrogen (secondary N) is 2. The molecule has 0 fully saturated rings. The van der Waals surface area contributed by atoms with Gasteiger partial charge in [-0.05, 0) is 50.6 Å². The summed E-state index contributed by atoms with van der Waals surface area (Å²) < 4.78 is 5.14. The topological polar surface area (TPSA) is 84.5 Å². The highest BCUT2D eigenvalue weighted by Crippen LogP contribution is 2.15. The van der Waals surface area contributed by atoms with Crippen LogP contribution in [0.2, 0.25) is 5.02 Å². The van der Waals surface area contributed by atoms with Crippen LogP contribution in [0.4, 0.5) is 5.69 Å². The van der Waals surface area contributed by atoms with Gasteiger partial charge in [0.2, 0.25) is 0 Å². The number of esters is 1. The molecule has 2 aromatic rings. The van der Waals surface area contributed by atoms with Crippen molar-refractivity contribution < 1.29 is 19.1 Å². The molecule has 0 heterocycles. The first-order chi connectivity index (χ1) is 12.8. The average molecular weight is 389 g/mol. The summed E-state index contributed by atoms with van der Waals surface area (Å²) in [4.78, 5) is 36.5. The Kier molecular flexibility index (Phi) is 6.96. The quantitative estimate of drug-likeness (QED) is 0.743. The lowest BCUT2D eigenvalue weighted by Gasteiger charge is -2.18. The van der Waals surface area contributed by atoms with Crippen molar-refractivity contribution in [3.63, 3.8) is 0 Å². The molecule has 142 valence electrons. The molecule has 0 aliphatic heterocycles. The fourth-order valence-corrected chi connectivity index (χ4v) is 2.50. The Balaban J connectivity index is 1.90. The van der Waals surface area contributed by atoms with E-state index in [0.717, 1.165) is 5.56 Å². The van der Waals surface area contributed by atoms with Crippen LogP contribution in [-0.4, -0.2) is 29.9 Å². The lowest BCUT2D eigenvalue weighted by atomic mass is 10.2. The van der Waals surface area contributed by atoms with Gasteiger partial charge in [-0.2, -0.15) is 0 Å². The first-order valence-electron chi connectivity index (χ1n) is 8.41. The predicted molar refractivity (Wildman–Crippen MR) is 104 cm³/mol. The summed E-state index contributed by atoms with van der Waals surface area (Å²) in [5, 5.41) is 5.47. The highest BCUT2D eigenvalue weighted by Gasteiger charge is 2.24. The summed E-state index contributed by atoms with van der Waals surface area (Å²) in [6, 6.07) is 12.8. The maximum absolute atomic E-state index is 12.2. The maximum atomic E-state index is 12.2. The minimum atomic E-state index is -1.02. The summed E-state index contributed by atoms with van der Waals surface area (Å²) >= 11 is 5.97. The molecular formula is C20H21ClN2O4. The van der Waals surface area contributed by atoms with Gasteiger partial charge in [-0.1, -0.05) is 35.9 Å². The highest BCUT2D eigenvalue weighted by molar-refractivity contribution is 6.33. The van der Waals surface area contributed by atoms with Crippen LogP contribution in [0.1, 0.15) is 29.8 Å². The monoisotopic (exact) mass is 388 g/mol. The predicted octanol–water partition coefficient (Wildman–Crippen LogP) is 3.34. The van der Waals surface area contributed by atoms with E-state index in [1.54, 1.807) is 36.4 Å². The van der Waals surface area contributed by atoms with Crippen molar-refractivity contribution in [3.8, 4) is 0 Å². The fourth-order valence-electron chi connectivity index (χ4n) is 2.28. The molecule has 0 saturated heterocycles. The fraction of sp³-hybridized carbons (Fsp3) is 0.250. The van der Waals surface area contributed by atoms with Crippen molar-refractivity contribution in [2.24, 2.45) is 0 Å². The number of halogens is 1. The number of benzene rings is 2. The standard InChI is InChI=1S/C20H21ClN2O4/c1-12-7-6-8-15(11-12)23-18(24)14(3)27-20(26)13(2)22-19(25)16-9-4-5-10-17(16)21/h4-11,13-14H,1-3H3,(H,22,25)(H,23,24)/t13-,14-/m0/s1. The van der Waals surface area contributed by atoms with Crippen LogP contribution < -0.4 is 10.6 Å². The number of amides is 2. The van der Waals surface area contributed by atoms with Crippen LogP contribution in [0.3, 0.4) is 0 Å². The lowest BCUT2D eigenvalue weighted by Crippen LogP contribution is -2.42. The Morgan fingerprint density at radius 2 is 1.74 bits per heavy atom. The van der Waals surface area contributed by atoms with E-state index in [0.29, 0.717) is 5.69 Å². The van der Waals surface area contributed by atoms with Gasteiger partial charge >= 0.3 is 5.97 Å². The van der Waals surface area contributed by atoms with Crippen molar-refractivity contribution in [1.82, 2.24) is 5.32 Å². The second kappa shape index (κ2) is 9.19. The Morgan fingerprint density at radius 3 is 2.41 bits per heavy atom. The number of ether oxygens (including phenoxy) is 1. The Bertz CT molecular complexity index is 853. The minimum Gasteiger partial charge on any atom is -0.451 e. The van der Waals surface area contributed by atoms with Crippen molar-refractivity contribution in [2.75, 3.05) is 5.32 Å². The van der Waals surface area contributed by atoms with Crippen LogP contribution in [-0.2, 0) is 14.3 Å². The normalized spacial score (nSPS) is 12.6. The van der Waals surface area contributed by atoms with Crippen LogP contribution in [0, 0.1) is 6.92 Å². The summed E-state index contributed by atoms with van der Waals surface area (Å²) in [6.45, 7) is 4.84. The van der Waals surface area contributed by atoms with Crippen molar-refractivity contribution >= 4 is 35.1 Å². The second-order valence-electron chi connectivity index (χ2n) is 6.11. The van der Waals surface area contributed by atoms with E-state index in [1.807, 2.05) is 19.1 Å². The Labute approximate surface area is 162 Å². The number of hydrogen-bond acceptors (Lipinski definition) is 4. The lowest BCUT2D eigenvalue weighted by molar-refractivity contribution is -0.154. The summed E-state index contributed by atoms with van der Waals surface area (Å²) in [6.07, 6.45) is -1.02. The van der Waals surface area contributed by atoms with Gasteiger partial charge in [0.15, 0.2) is 6.10 Å². The van der Waals surface area contributed by atoms with Gasteiger partial charge in [-0.15, -0.1) is 0 Å². The van der Waals surface area contributed by atoms with Crippen molar-refractivity contribution in [1.29, 1.82) is 0 Å². The number of anilines is 1. The molecule has 0 saturated carbocycles. The van der Waals surface area contributed by atoms with E-state index < -0.39 is 29.9 Å². The van der Waals surface area contributed by atoms with Crippen LogP contribution in [0.5, 0.6) is 0 Å². The van der Waals surface area contributed by atoms with Gasteiger partial charge in [-0.3, -0.25) is 9.59 Å². The molecule has 0 spiro atoms. The largest absolute Gasteiger partial charge is 0.451 e. The van der Waals surface area contributed by atoms with E-state index in [1.165, 1.54) is 13.8 Å². The van der Waals surface area contributed by atoms with Crippen molar-refractivity contribution in [2.45, 2.75) is 32.9 Å². The van der Waals surface area contributed by atoms with Crippen LogP contribution in [0.25, 0.3) is 0 Å².